The highest BCUT2D eigenvalue weighted by Crippen LogP contribution is 2.15. The molecule has 7 heteroatoms. The van der Waals surface area contributed by atoms with Gasteiger partial charge in [-0.15, -0.1) is 0 Å². The van der Waals surface area contributed by atoms with E-state index in [4.69, 9.17) is 0 Å². The van der Waals surface area contributed by atoms with E-state index in [1.165, 1.54) is 28.3 Å². The van der Waals surface area contributed by atoms with Gasteiger partial charge in [-0.2, -0.15) is 0 Å². The summed E-state index contributed by atoms with van der Waals surface area (Å²) in [6.45, 7) is 3.44. The van der Waals surface area contributed by atoms with Crippen LogP contribution in [0.15, 0.2) is 65.5 Å². The predicted octanol–water partition coefficient (Wildman–Crippen LogP) is 3.57. The number of aromatic nitrogens is 2. The lowest BCUT2D eigenvalue weighted by atomic mass is 10.1. The van der Waals surface area contributed by atoms with Gasteiger partial charge in [0.25, 0.3) is 5.56 Å². The maximum absolute atomic E-state index is 13.5. The van der Waals surface area contributed by atoms with Gasteiger partial charge in [0.1, 0.15) is 12.4 Å². The SMILES string of the molecule is Cc1cc(=O)n(CC(=O)N[C@@H](C)CCc2ccccc2)c(Nc2cccc(F)c2)n1. The first-order chi connectivity index (χ1) is 14.4. The molecule has 1 aromatic heterocycles. The van der Waals surface area contributed by atoms with Crippen LogP contribution in [-0.2, 0) is 17.8 Å². The van der Waals surface area contributed by atoms with Crippen molar-refractivity contribution in [1.29, 1.82) is 0 Å². The monoisotopic (exact) mass is 408 g/mol. The Labute approximate surface area is 174 Å². The molecule has 0 aliphatic rings. The van der Waals surface area contributed by atoms with Crippen LogP contribution in [0.2, 0.25) is 0 Å². The Balaban J connectivity index is 1.67. The summed E-state index contributed by atoms with van der Waals surface area (Å²) in [6, 6.07) is 17.2. The molecule has 0 unspecified atom stereocenters. The van der Waals surface area contributed by atoms with Crippen molar-refractivity contribution in [1.82, 2.24) is 14.9 Å². The molecule has 6 nitrogen and oxygen atoms in total. The zero-order valence-electron chi connectivity index (χ0n) is 17.1. The molecule has 3 aromatic rings. The Kier molecular flexibility index (Phi) is 6.95. The minimum atomic E-state index is -0.411. The van der Waals surface area contributed by atoms with E-state index in [9.17, 15) is 14.0 Å². The second-order valence-electron chi connectivity index (χ2n) is 7.27. The highest BCUT2D eigenvalue weighted by Gasteiger charge is 2.14. The van der Waals surface area contributed by atoms with Crippen LogP contribution < -0.4 is 16.2 Å². The first kappa shape index (κ1) is 21.2. The van der Waals surface area contributed by atoms with Gasteiger partial charge < -0.3 is 10.6 Å². The molecule has 2 N–H and O–H groups in total. The van der Waals surface area contributed by atoms with E-state index in [0.29, 0.717) is 11.4 Å². The highest BCUT2D eigenvalue weighted by atomic mass is 19.1. The molecular weight excluding hydrogens is 383 g/mol. The van der Waals surface area contributed by atoms with Crippen LogP contribution in [0.25, 0.3) is 0 Å². The summed E-state index contributed by atoms with van der Waals surface area (Å²) in [6.07, 6.45) is 1.63. The molecule has 156 valence electrons. The summed E-state index contributed by atoms with van der Waals surface area (Å²) in [5.74, 6) is -0.505. The van der Waals surface area contributed by atoms with Crippen molar-refractivity contribution in [3.63, 3.8) is 0 Å². The average Bonchev–Trinajstić information content (AvgIpc) is 2.70. The van der Waals surface area contributed by atoms with Crippen LogP contribution in [0, 0.1) is 12.7 Å². The van der Waals surface area contributed by atoms with Crippen molar-refractivity contribution in [3.8, 4) is 0 Å². The number of hydrogen-bond donors (Lipinski definition) is 2. The maximum Gasteiger partial charge on any atom is 0.255 e. The molecule has 0 bridgehead atoms. The second kappa shape index (κ2) is 9.82. The van der Waals surface area contributed by atoms with Gasteiger partial charge in [0, 0.05) is 23.5 Å². The number of nitrogens with one attached hydrogen (secondary N) is 2. The zero-order valence-corrected chi connectivity index (χ0v) is 17.1. The summed E-state index contributed by atoms with van der Waals surface area (Å²) >= 11 is 0. The number of halogens is 1. The number of nitrogens with zero attached hydrogens (tertiary/aromatic N) is 2. The van der Waals surface area contributed by atoms with Gasteiger partial charge in [0.15, 0.2) is 0 Å². The standard InChI is InChI=1S/C23H25FN4O2/c1-16(11-12-18-7-4-3-5-8-18)25-21(29)15-28-22(30)13-17(2)26-23(28)27-20-10-6-9-19(24)14-20/h3-10,13-14,16H,11-12,15H2,1-2H3,(H,25,29)(H,26,27)/t16-/m0/s1. The number of rotatable bonds is 8. The molecule has 1 amide bonds. The van der Waals surface area contributed by atoms with Gasteiger partial charge in [-0.05, 0) is 50.5 Å². The topological polar surface area (TPSA) is 76.0 Å². The molecule has 0 saturated heterocycles. The van der Waals surface area contributed by atoms with E-state index in [1.54, 1.807) is 19.1 Å². The molecule has 1 atom stereocenters. The number of hydrogen-bond acceptors (Lipinski definition) is 4. The lowest BCUT2D eigenvalue weighted by Crippen LogP contribution is -2.38. The molecule has 0 aliphatic carbocycles. The van der Waals surface area contributed by atoms with E-state index in [2.05, 4.69) is 27.8 Å². The highest BCUT2D eigenvalue weighted by molar-refractivity contribution is 5.76. The average molecular weight is 408 g/mol. The van der Waals surface area contributed by atoms with Crippen LogP contribution >= 0.6 is 0 Å². The van der Waals surface area contributed by atoms with Crippen LogP contribution in [0.4, 0.5) is 16.0 Å². The number of carbonyl (C=O) groups excluding carboxylic acids is 1. The third-order valence-electron chi connectivity index (χ3n) is 4.64. The van der Waals surface area contributed by atoms with Crippen molar-refractivity contribution in [3.05, 3.63) is 88.1 Å². The summed E-state index contributed by atoms with van der Waals surface area (Å²) in [5, 5.41) is 5.86. The quantitative estimate of drug-likeness (QED) is 0.597. The molecule has 0 saturated carbocycles. The van der Waals surface area contributed by atoms with Crippen LogP contribution in [0.1, 0.15) is 24.6 Å². The molecule has 1 heterocycles. The number of aryl methyl sites for hydroxylation is 2. The summed E-state index contributed by atoms with van der Waals surface area (Å²) in [4.78, 5) is 29.3. The normalized spacial score (nSPS) is 11.7. The van der Waals surface area contributed by atoms with E-state index >= 15 is 0 Å². The van der Waals surface area contributed by atoms with Gasteiger partial charge in [-0.3, -0.25) is 14.2 Å². The second-order valence-corrected chi connectivity index (χ2v) is 7.27. The Hall–Kier alpha value is -3.48. The van der Waals surface area contributed by atoms with Crippen molar-refractivity contribution in [2.24, 2.45) is 0 Å². The van der Waals surface area contributed by atoms with Gasteiger partial charge in [-0.25, -0.2) is 9.37 Å². The first-order valence-corrected chi connectivity index (χ1v) is 9.85. The number of amides is 1. The summed E-state index contributed by atoms with van der Waals surface area (Å²) in [5.41, 5.74) is 1.80. The first-order valence-electron chi connectivity index (χ1n) is 9.85. The summed E-state index contributed by atoms with van der Waals surface area (Å²) in [7, 11) is 0. The van der Waals surface area contributed by atoms with Crippen LogP contribution in [0.3, 0.4) is 0 Å². The van der Waals surface area contributed by atoms with Crippen molar-refractivity contribution < 1.29 is 9.18 Å². The fraction of sp³-hybridized carbons (Fsp3) is 0.261. The van der Waals surface area contributed by atoms with E-state index in [-0.39, 0.29) is 30.0 Å². The zero-order chi connectivity index (χ0) is 21.5. The largest absolute Gasteiger partial charge is 0.352 e. The third-order valence-corrected chi connectivity index (χ3v) is 4.64. The van der Waals surface area contributed by atoms with Crippen molar-refractivity contribution in [2.75, 3.05) is 5.32 Å². The molecule has 0 radical (unpaired) electrons. The van der Waals surface area contributed by atoms with E-state index in [1.807, 2.05) is 25.1 Å². The number of carbonyl (C=O) groups is 1. The summed E-state index contributed by atoms with van der Waals surface area (Å²) < 4.78 is 14.7. The van der Waals surface area contributed by atoms with Crippen molar-refractivity contribution in [2.45, 2.75) is 39.3 Å². The van der Waals surface area contributed by atoms with Crippen LogP contribution in [0.5, 0.6) is 0 Å². The molecule has 0 aliphatic heterocycles. The van der Waals surface area contributed by atoms with Crippen molar-refractivity contribution >= 4 is 17.5 Å². The Morgan fingerprint density at radius 2 is 1.90 bits per heavy atom. The van der Waals surface area contributed by atoms with Gasteiger partial charge in [0.05, 0.1) is 0 Å². The molecule has 0 spiro atoms. The fourth-order valence-electron chi connectivity index (χ4n) is 3.13. The molecule has 3 rings (SSSR count). The maximum atomic E-state index is 13.5. The lowest BCUT2D eigenvalue weighted by molar-refractivity contribution is -0.122. The van der Waals surface area contributed by atoms with E-state index in [0.717, 1.165) is 12.8 Å². The van der Waals surface area contributed by atoms with Crippen LogP contribution in [-0.4, -0.2) is 21.5 Å². The lowest BCUT2D eigenvalue weighted by Gasteiger charge is -2.17. The van der Waals surface area contributed by atoms with Gasteiger partial charge >= 0.3 is 0 Å². The Bertz CT molecular complexity index is 1070. The number of benzene rings is 2. The van der Waals surface area contributed by atoms with E-state index < -0.39 is 5.82 Å². The molecule has 30 heavy (non-hydrogen) atoms. The minimum Gasteiger partial charge on any atom is -0.352 e. The van der Waals surface area contributed by atoms with Gasteiger partial charge in [-0.1, -0.05) is 36.4 Å². The van der Waals surface area contributed by atoms with Gasteiger partial charge in [0.2, 0.25) is 11.9 Å². The number of anilines is 2. The predicted molar refractivity (Wildman–Crippen MR) is 115 cm³/mol. The minimum absolute atomic E-state index is 0.0496. The third kappa shape index (κ3) is 6.01. The Morgan fingerprint density at radius 1 is 1.13 bits per heavy atom. The molecular formula is C23H25FN4O2. The molecule has 2 aromatic carbocycles. The smallest absolute Gasteiger partial charge is 0.255 e. The Morgan fingerprint density at radius 3 is 2.63 bits per heavy atom. The molecule has 0 fully saturated rings. The fourth-order valence-corrected chi connectivity index (χ4v) is 3.13.